The van der Waals surface area contributed by atoms with Gasteiger partial charge in [-0.3, -0.25) is 0 Å². The first-order valence-electron chi connectivity index (χ1n) is 20.5. The van der Waals surface area contributed by atoms with Crippen LogP contribution >= 0.6 is 0 Å². The van der Waals surface area contributed by atoms with Crippen molar-refractivity contribution in [1.29, 1.82) is 0 Å². The third-order valence-electron chi connectivity index (χ3n) is 9.60. The highest BCUT2D eigenvalue weighted by atomic mass is 15.0. The molecule has 0 aliphatic carbocycles. The van der Waals surface area contributed by atoms with Gasteiger partial charge in [0, 0.05) is 19.3 Å². The molecule has 0 aliphatic heterocycles. The van der Waals surface area contributed by atoms with Crippen LogP contribution in [-0.4, -0.2) is 15.0 Å². The minimum absolute atomic E-state index is 0.917. The summed E-state index contributed by atoms with van der Waals surface area (Å²) in [5.74, 6) is 3.10. The van der Waals surface area contributed by atoms with Crippen LogP contribution in [-0.2, 0) is 19.3 Å². The number of aromatic nitrogens is 3. The lowest BCUT2D eigenvalue weighted by Gasteiger charge is -2.07. The summed E-state index contributed by atoms with van der Waals surface area (Å²) in [6, 6.07) is 0. The van der Waals surface area contributed by atoms with Crippen LogP contribution < -0.4 is 0 Å². The first-order valence-corrected chi connectivity index (χ1v) is 20.5. The maximum atomic E-state index is 4.87. The summed E-state index contributed by atoms with van der Waals surface area (Å²) in [4.78, 5) is 14.4. The van der Waals surface area contributed by atoms with E-state index in [1.54, 1.807) is 0 Å². The summed E-state index contributed by atoms with van der Waals surface area (Å²) in [7, 11) is 0. The van der Waals surface area contributed by atoms with Crippen LogP contribution in [0.15, 0.2) is 0 Å². The van der Waals surface area contributed by atoms with Gasteiger partial charge >= 0.3 is 0 Å². The molecule has 0 aromatic carbocycles. The topological polar surface area (TPSA) is 38.7 Å². The summed E-state index contributed by atoms with van der Waals surface area (Å²) < 4.78 is 0. The molecule has 3 heteroatoms. The zero-order valence-corrected chi connectivity index (χ0v) is 30.6. The molecule has 1 rings (SSSR count). The van der Waals surface area contributed by atoms with Gasteiger partial charge in [0.15, 0.2) is 0 Å². The molecule has 258 valence electrons. The number of rotatable bonds is 35. The van der Waals surface area contributed by atoms with Crippen molar-refractivity contribution in [1.82, 2.24) is 15.0 Å². The van der Waals surface area contributed by atoms with Gasteiger partial charge in [0.1, 0.15) is 17.5 Å². The Morgan fingerprint density at radius 1 is 0.250 bits per heavy atom. The third kappa shape index (κ3) is 27.3. The summed E-state index contributed by atoms with van der Waals surface area (Å²) in [6.07, 6.45) is 48.2. The molecule has 0 aliphatic rings. The predicted octanol–water partition coefficient (Wildman–Crippen LogP) is 14.0. The first kappa shape index (κ1) is 41.0. The largest absolute Gasteiger partial charge is 0.218 e. The molecule has 1 aromatic rings. The molecule has 0 radical (unpaired) electrons. The fourth-order valence-electron chi connectivity index (χ4n) is 6.57. The van der Waals surface area contributed by atoms with E-state index in [0.717, 1.165) is 36.7 Å². The molecule has 0 saturated heterocycles. The number of hydrogen-bond donors (Lipinski definition) is 0. The molecule has 1 aromatic heterocycles. The van der Waals surface area contributed by atoms with E-state index < -0.39 is 0 Å². The van der Waals surface area contributed by atoms with Crippen LogP contribution in [0.25, 0.3) is 0 Å². The van der Waals surface area contributed by atoms with E-state index >= 15 is 0 Å². The number of unbranched alkanes of at least 4 members (excludes halogenated alkanes) is 30. The van der Waals surface area contributed by atoms with Crippen molar-refractivity contribution in [3.05, 3.63) is 17.5 Å². The van der Waals surface area contributed by atoms with E-state index in [2.05, 4.69) is 20.8 Å². The lowest BCUT2D eigenvalue weighted by Crippen LogP contribution is -2.07. The van der Waals surface area contributed by atoms with Crippen molar-refractivity contribution in [3.63, 3.8) is 0 Å². The normalized spacial score (nSPS) is 11.5. The maximum Gasteiger partial charge on any atom is 0.132 e. The smallest absolute Gasteiger partial charge is 0.132 e. The highest BCUT2D eigenvalue weighted by Gasteiger charge is 2.06. The molecule has 44 heavy (non-hydrogen) atoms. The fraction of sp³-hybridized carbons (Fsp3) is 0.927. The Hall–Kier alpha value is -0.990. The zero-order chi connectivity index (χ0) is 31.6. The zero-order valence-electron chi connectivity index (χ0n) is 30.6. The van der Waals surface area contributed by atoms with Crippen LogP contribution in [0.3, 0.4) is 0 Å². The number of aryl methyl sites for hydroxylation is 3. The molecular weight excluding hydrogens is 534 g/mol. The minimum Gasteiger partial charge on any atom is -0.218 e. The van der Waals surface area contributed by atoms with Gasteiger partial charge in [-0.15, -0.1) is 0 Å². The Bertz CT molecular complexity index is 649. The van der Waals surface area contributed by atoms with Crippen molar-refractivity contribution in [3.8, 4) is 0 Å². The second kappa shape index (κ2) is 33.4. The summed E-state index contributed by atoms with van der Waals surface area (Å²) in [5, 5.41) is 0. The number of hydrogen-bond acceptors (Lipinski definition) is 3. The molecule has 0 spiro atoms. The van der Waals surface area contributed by atoms with E-state index in [1.165, 1.54) is 205 Å². The predicted molar refractivity (Wildman–Crippen MR) is 196 cm³/mol. The van der Waals surface area contributed by atoms with Gasteiger partial charge in [-0.25, -0.2) is 15.0 Å². The van der Waals surface area contributed by atoms with Crippen molar-refractivity contribution in [2.75, 3.05) is 0 Å². The van der Waals surface area contributed by atoms with Crippen molar-refractivity contribution < 1.29 is 0 Å². The second-order valence-corrected chi connectivity index (χ2v) is 14.0. The third-order valence-corrected chi connectivity index (χ3v) is 9.60. The summed E-state index contributed by atoms with van der Waals surface area (Å²) >= 11 is 0. The fourth-order valence-corrected chi connectivity index (χ4v) is 6.57. The molecule has 0 atom stereocenters. The van der Waals surface area contributed by atoms with Gasteiger partial charge in [0.05, 0.1) is 0 Å². The quantitative estimate of drug-likeness (QED) is 0.0715. The van der Waals surface area contributed by atoms with Crippen LogP contribution in [0.5, 0.6) is 0 Å². The van der Waals surface area contributed by atoms with Crippen LogP contribution in [0.2, 0.25) is 0 Å². The Morgan fingerprint density at radius 2 is 0.455 bits per heavy atom. The second-order valence-electron chi connectivity index (χ2n) is 14.0. The average molecular weight is 614 g/mol. The van der Waals surface area contributed by atoms with E-state index in [9.17, 15) is 0 Å². The van der Waals surface area contributed by atoms with Crippen molar-refractivity contribution >= 4 is 0 Å². The Kier molecular flexibility index (Phi) is 31.1. The average Bonchev–Trinajstić information content (AvgIpc) is 3.04. The van der Waals surface area contributed by atoms with Gasteiger partial charge in [0.2, 0.25) is 0 Å². The SMILES string of the molecule is CCCCCCCCCCCCCCCCCCc1nc(CC)nc(CCCCCCCCCCCCCCCCCC)n1. The molecule has 0 N–H and O–H groups in total. The van der Waals surface area contributed by atoms with Gasteiger partial charge in [0.25, 0.3) is 0 Å². The van der Waals surface area contributed by atoms with Crippen LogP contribution in [0.1, 0.15) is 244 Å². The van der Waals surface area contributed by atoms with E-state index in [4.69, 9.17) is 15.0 Å². The highest BCUT2D eigenvalue weighted by molar-refractivity contribution is 4.98. The van der Waals surface area contributed by atoms with Gasteiger partial charge in [-0.2, -0.15) is 0 Å². The van der Waals surface area contributed by atoms with Gasteiger partial charge in [-0.1, -0.05) is 213 Å². The molecule has 3 nitrogen and oxygen atoms in total. The summed E-state index contributed by atoms with van der Waals surface area (Å²) in [6.45, 7) is 6.78. The molecule has 0 saturated carbocycles. The molecular formula is C41H79N3. The van der Waals surface area contributed by atoms with Crippen LogP contribution in [0.4, 0.5) is 0 Å². The molecule has 0 unspecified atom stereocenters. The van der Waals surface area contributed by atoms with E-state index in [-0.39, 0.29) is 0 Å². The molecule has 0 fully saturated rings. The Labute approximate surface area is 277 Å². The molecule has 0 bridgehead atoms. The highest BCUT2D eigenvalue weighted by Crippen LogP contribution is 2.16. The van der Waals surface area contributed by atoms with E-state index in [0.29, 0.717) is 0 Å². The summed E-state index contributed by atoms with van der Waals surface area (Å²) in [5.41, 5.74) is 0. The lowest BCUT2D eigenvalue weighted by molar-refractivity contribution is 0.527. The van der Waals surface area contributed by atoms with Crippen molar-refractivity contribution in [2.45, 2.75) is 245 Å². The van der Waals surface area contributed by atoms with Crippen molar-refractivity contribution in [2.24, 2.45) is 0 Å². The van der Waals surface area contributed by atoms with Crippen LogP contribution in [0, 0.1) is 0 Å². The minimum atomic E-state index is 0.917. The Balaban J connectivity index is 1.97. The maximum absolute atomic E-state index is 4.87. The van der Waals surface area contributed by atoms with Gasteiger partial charge in [-0.05, 0) is 12.8 Å². The lowest BCUT2D eigenvalue weighted by atomic mass is 10.0. The van der Waals surface area contributed by atoms with E-state index in [1.807, 2.05) is 0 Å². The first-order chi connectivity index (χ1) is 21.8. The Morgan fingerprint density at radius 3 is 0.682 bits per heavy atom. The molecule has 0 amide bonds. The van der Waals surface area contributed by atoms with Gasteiger partial charge < -0.3 is 0 Å². The number of nitrogens with zero attached hydrogens (tertiary/aromatic N) is 3. The monoisotopic (exact) mass is 614 g/mol. The standard InChI is InChI=1S/C41H79N3/c1-4-7-9-11-13-15-17-19-21-23-25-27-29-31-33-35-37-40-42-39(6-3)43-41(44-40)38-36-34-32-30-28-26-24-22-20-18-16-14-12-10-8-5-2/h4-38H2,1-3H3. The molecule has 1 heterocycles.